The normalized spacial score (nSPS) is 31.6. The van der Waals surface area contributed by atoms with Gasteiger partial charge in [0, 0.05) is 25.0 Å². The summed E-state index contributed by atoms with van der Waals surface area (Å²) >= 11 is 0. The number of nitrogens with zero attached hydrogens (tertiary/aromatic N) is 2. The topological polar surface area (TPSA) is 23.6 Å². The van der Waals surface area contributed by atoms with E-state index in [1.54, 1.807) is 0 Å². The molecular formula is C10H15F3N2O. The van der Waals surface area contributed by atoms with E-state index in [0.717, 1.165) is 24.4 Å². The zero-order valence-electron chi connectivity index (χ0n) is 9.18. The molecular weight excluding hydrogens is 221 g/mol. The third kappa shape index (κ3) is 2.03. The van der Waals surface area contributed by atoms with Gasteiger partial charge in [-0.3, -0.25) is 4.79 Å². The molecule has 1 spiro atoms. The van der Waals surface area contributed by atoms with Crippen LogP contribution in [0.2, 0.25) is 0 Å². The van der Waals surface area contributed by atoms with Crippen molar-refractivity contribution in [3.63, 3.8) is 0 Å². The second kappa shape index (κ2) is 3.61. The van der Waals surface area contributed by atoms with Crippen molar-refractivity contribution in [2.75, 3.05) is 33.2 Å². The lowest BCUT2D eigenvalue weighted by atomic mass is 9.86. The smallest absolute Gasteiger partial charge is 0.334 e. The lowest BCUT2D eigenvalue weighted by molar-refractivity contribution is -0.184. The highest BCUT2D eigenvalue weighted by Gasteiger charge is 2.49. The molecule has 0 aliphatic carbocycles. The number of hydrogen-bond donors (Lipinski definition) is 0. The van der Waals surface area contributed by atoms with Crippen LogP contribution in [-0.2, 0) is 4.79 Å². The van der Waals surface area contributed by atoms with Crippen LogP contribution in [0.5, 0.6) is 0 Å². The van der Waals surface area contributed by atoms with Crippen LogP contribution in [0.4, 0.5) is 13.2 Å². The van der Waals surface area contributed by atoms with Crippen molar-refractivity contribution in [3.8, 4) is 0 Å². The first-order valence-electron chi connectivity index (χ1n) is 5.37. The van der Waals surface area contributed by atoms with E-state index in [4.69, 9.17) is 0 Å². The Morgan fingerprint density at radius 3 is 2.31 bits per heavy atom. The SMILES string of the molecule is CN1CCC2(CCN(C(=O)C(F)(F)F)C2)C1. The van der Waals surface area contributed by atoms with Crippen molar-refractivity contribution >= 4 is 5.91 Å². The number of halogens is 3. The van der Waals surface area contributed by atoms with Crippen molar-refractivity contribution in [2.45, 2.75) is 19.0 Å². The maximum Gasteiger partial charge on any atom is 0.471 e. The number of hydrogen-bond acceptors (Lipinski definition) is 2. The summed E-state index contributed by atoms with van der Waals surface area (Å²) in [6.45, 7) is 2.21. The highest BCUT2D eigenvalue weighted by molar-refractivity contribution is 5.82. The number of alkyl halides is 3. The third-order valence-corrected chi connectivity index (χ3v) is 3.60. The first-order chi connectivity index (χ1) is 7.32. The minimum absolute atomic E-state index is 0.0876. The molecule has 2 saturated heterocycles. The Morgan fingerprint density at radius 1 is 1.19 bits per heavy atom. The molecule has 2 fully saturated rings. The molecule has 1 atom stereocenters. The summed E-state index contributed by atoms with van der Waals surface area (Å²) in [6, 6.07) is 0. The van der Waals surface area contributed by atoms with E-state index in [1.807, 2.05) is 7.05 Å². The molecule has 0 radical (unpaired) electrons. The van der Waals surface area contributed by atoms with Gasteiger partial charge in [0.2, 0.25) is 0 Å². The van der Waals surface area contributed by atoms with E-state index in [-0.39, 0.29) is 18.5 Å². The average Bonchev–Trinajstić information content (AvgIpc) is 2.72. The van der Waals surface area contributed by atoms with Crippen LogP contribution >= 0.6 is 0 Å². The molecule has 6 heteroatoms. The van der Waals surface area contributed by atoms with Gasteiger partial charge in [0.1, 0.15) is 0 Å². The quantitative estimate of drug-likeness (QED) is 0.629. The van der Waals surface area contributed by atoms with Gasteiger partial charge in [0.15, 0.2) is 0 Å². The molecule has 1 unspecified atom stereocenters. The van der Waals surface area contributed by atoms with Crippen molar-refractivity contribution in [3.05, 3.63) is 0 Å². The zero-order valence-corrected chi connectivity index (χ0v) is 9.18. The highest BCUT2D eigenvalue weighted by atomic mass is 19.4. The fourth-order valence-electron chi connectivity index (χ4n) is 2.78. The first kappa shape index (κ1) is 11.7. The summed E-state index contributed by atoms with van der Waals surface area (Å²) in [4.78, 5) is 14.1. The Bertz CT molecular complexity index is 305. The number of carbonyl (C=O) groups is 1. The zero-order chi connectivity index (χ0) is 12.0. The fraction of sp³-hybridized carbons (Fsp3) is 0.900. The molecule has 0 bridgehead atoms. The van der Waals surface area contributed by atoms with Crippen molar-refractivity contribution in [2.24, 2.45) is 5.41 Å². The summed E-state index contributed by atoms with van der Waals surface area (Å²) < 4.78 is 36.8. The first-order valence-corrected chi connectivity index (χ1v) is 5.37. The predicted octanol–water partition coefficient (Wildman–Crippen LogP) is 1.10. The van der Waals surface area contributed by atoms with E-state index in [9.17, 15) is 18.0 Å². The summed E-state index contributed by atoms with van der Waals surface area (Å²) in [5.74, 6) is -1.68. The van der Waals surface area contributed by atoms with E-state index >= 15 is 0 Å². The lowest BCUT2D eigenvalue weighted by Crippen LogP contribution is -2.41. The van der Waals surface area contributed by atoms with Gasteiger partial charge in [0.25, 0.3) is 0 Å². The average molecular weight is 236 g/mol. The van der Waals surface area contributed by atoms with Crippen LogP contribution in [0.1, 0.15) is 12.8 Å². The van der Waals surface area contributed by atoms with Crippen LogP contribution in [0, 0.1) is 5.41 Å². The van der Waals surface area contributed by atoms with Crippen LogP contribution in [0.25, 0.3) is 0 Å². The van der Waals surface area contributed by atoms with Gasteiger partial charge in [-0.25, -0.2) is 0 Å². The Morgan fingerprint density at radius 2 is 1.81 bits per heavy atom. The van der Waals surface area contributed by atoms with Crippen LogP contribution in [0.3, 0.4) is 0 Å². The standard InChI is InChI=1S/C10H15F3N2O/c1-14-4-2-9(6-14)3-5-15(7-9)8(16)10(11,12)13/h2-7H2,1H3. The van der Waals surface area contributed by atoms with E-state index < -0.39 is 12.1 Å². The molecule has 3 nitrogen and oxygen atoms in total. The fourth-order valence-corrected chi connectivity index (χ4v) is 2.78. The Labute approximate surface area is 92.2 Å². The minimum atomic E-state index is -4.73. The summed E-state index contributed by atoms with van der Waals surface area (Å²) in [7, 11) is 1.96. The molecule has 0 aromatic rings. The maximum atomic E-state index is 12.3. The number of amides is 1. The molecule has 0 aromatic carbocycles. The molecule has 0 N–H and O–H groups in total. The van der Waals surface area contributed by atoms with E-state index in [1.165, 1.54) is 0 Å². The minimum Gasteiger partial charge on any atom is -0.334 e. The lowest BCUT2D eigenvalue weighted by Gasteiger charge is -2.24. The Kier molecular flexibility index (Phi) is 2.64. The highest BCUT2D eigenvalue weighted by Crippen LogP contribution is 2.39. The maximum absolute atomic E-state index is 12.3. The van der Waals surface area contributed by atoms with Crippen molar-refractivity contribution in [1.29, 1.82) is 0 Å². The number of likely N-dealkylation sites (tertiary alicyclic amines) is 2. The van der Waals surface area contributed by atoms with Crippen LogP contribution in [0.15, 0.2) is 0 Å². The van der Waals surface area contributed by atoms with Crippen molar-refractivity contribution in [1.82, 2.24) is 9.80 Å². The number of carbonyl (C=O) groups excluding carboxylic acids is 1. The predicted molar refractivity (Wildman–Crippen MR) is 51.8 cm³/mol. The molecule has 2 aliphatic rings. The van der Waals surface area contributed by atoms with Crippen molar-refractivity contribution < 1.29 is 18.0 Å². The van der Waals surface area contributed by atoms with Gasteiger partial charge >= 0.3 is 12.1 Å². The van der Waals surface area contributed by atoms with Gasteiger partial charge in [-0.1, -0.05) is 0 Å². The second-order valence-electron chi connectivity index (χ2n) is 4.96. The summed E-state index contributed by atoms with van der Waals surface area (Å²) in [5.41, 5.74) is -0.0876. The third-order valence-electron chi connectivity index (χ3n) is 3.60. The van der Waals surface area contributed by atoms with E-state index in [2.05, 4.69) is 4.90 Å². The summed E-state index contributed by atoms with van der Waals surface area (Å²) in [6.07, 6.45) is -3.14. The van der Waals surface area contributed by atoms with E-state index in [0.29, 0.717) is 6.42 Å². The molecule has 92 valence electrons. The molecule has 2 aliphatic heterocycles. The van der Waals surface area contributed by atoms with Gasteiger partial charge in [-0.2, -0.15) is 13.2 Å². The van der Waals surface area contributed by atoms with Gasteiger partial charge in [-0.05, 0) is 26.4 Å². The molecule has 2 rings (SSSR count). The van der Waals surface area contributed by atoms with Gasteiger partial charge < -0.3 is 9.80 Å². The second-order valence-corrected chi connectivity index (χ2v) is 4.96. The van der Waals surface area contributed by atoms with Gasteiger partial charge in [0.05, 0.1) is 0 Å². The molecule has 2 heterocycles. The van der Waals surface area contributed by atoms with Crippen LogP contribution in [-0.4, -0.2) is 55.1 Å². The largest absolute Gasteiger partial charge is 0.471 e. The Hall–Kier alpha value is -0.780. The molecule has 16 heavy (non-hydrogen) atoms. The molecule has 1 amide bonds. The molecule has 0 saturated carbocycles. The number of rotatable bonds is 0. The van der Waals surface area contributed by atoms with Gasteiger partial charge in [-0.15, -0.1) is 0 Å². The Balaban J connectivity index is 2.01. The summed E-state index contributed by atoms with van der Waals surface area (Å²) in [5, 5.41) is 0. The molecule has 0 aromatic heterocycles. The van der Waals surface area contributed by atoms with Crippen LogP contribution < -0.4 is 0 Å². The monoisotopic (exact) mass is 236 g/mol.